The number of hydrogen-bond acceptors (Lipinski definition) is 3. The summed E-state index contributed by atoms with van der Waals surface area (Å²) in [4.78, 5) is 16.8. The van der Waals surface area contributed by atoms with Gasteiger partial charge < -0.3 is 0 Å². The summed E-state index contributed by atoms with van der Waals surface area (Å²) in [6.45, 7) is 2.19. The molecular formula is C9H10ClNO2S. The Morgan fingerprint density at radius 1 is 1.50 bits per heavy atom. The molecule has 1 aromatic rings. The van der Waals surface area contributed by atoms with Crippen LogP contribution in [0.4, 0.5) is 4.79 Å². The van der Waals surface area contributed by atoms with Crippen molar-refractivity contribution < 1.29 is 9.63 Å². The minimum absolute atomic E-state index is 0.401. The predicted molar refractivity (Wildman–Crippen MR) is 57.0 cm³/mol. The van der Waals surface area contributed by atoms with Crippen molar-refractivity contribution in [3.05, 3.63) is 30.3 Å². The van der Waals surface area contributed by atoms with Gasteiger partial charge in [0.25, 0.3) is 0 Å². The Hall–Kier alpha value is -0.710. The summed E-state index contributed by atoms with van der Waals surface area (Å²) in [5.74, 6) is 0. The molecule has 1 rings (SSSR count). The standard InChI is InChI=1S/C9H10ClNO2S/c1-2-13-11(9(10)12)14-8-6-4-3-5-7-8/h3-7H,2H2,1H3. The Morgan fingerprint density at radius 2 is 2.14 bits per heavy atom. The van der Waals surface area contributed by atoms with E-state index in [-0.39, 0.29) is 0 Å². The molecular weight excluding hydrogens is 222 g/mol. The molecule has 0 spiro atoms. The van der Waals surface area contributed by atoms with Crippen LogP contribution in [0.25, 0.3) is 0 Å². The fourth-order valence-corrected chi connectivity index (χ4v) is 1.66. The Kier molecular flexibility index (Phi) is 4.79. The van der Waals surface area contributed by atoms with E-state index in [4.69, 9.17) is 16.4 Å². The van der Waals surface area contributed by atoms with Crippen molar-refractivity contribution in [2.45, 2.75) is 11.8 Å². The third-order valence-corrected chi connectivity index (χ3v) is 2.50. The SMILES string of the molecule is CCON(Sc1ccccc1)C(=O)Cl. The van der Waals surface area contributed by atoms with Gasteiger partial charge in [-0.2, -0.15) is 0 Å². The molecule has 0 radical (unpaired) electrons. The topological polar surface area (TPSA) is 29.5 Å². The van der Waals surface area contributed by atoms with Crippen LogP contribution in [0.5, 0.6) is 0 Å². The maximum Gasteiger partial charge on any atom is 0.350 e. The zero-order valence-electron chi connectivity index (χ0n) is 7.64. The van der Waals surface area contributed by atoms with Crippen molar-refractivity contribution in [2.24, 2.45) is 0 Å². The summed E-state index contributed by atoms with van der Waals surface area (Å²) in [5.41, 5.74) is 0. The molecule has 0 aliphatic heterocycles. The van der Waals surface area contributed by atoms with Gasteiger partial charge in [0, 0.05) is 16.8 Å². The first kappa shape index (κ1) is 11.4. The molecule has 0 N–H and O–H groups in total. The van der Waals surface area contributed by atoms with Crippen LogP contribution < -0.4 is 0 Å². The molecule has 1 aromatic carbocycles. The molecule has 0 unspecified atom stereocenters. The number of nitrogens with zero attached hydrogens (tertiary/aromatic N) is 1. The lowest BCUT2D eigenvalue weighted by Gasteiger charge is -2.15. The second-order valence-electron chi connectivity index (χ2n) is 2.33. The van der Waals surface area contributed by atoms with Gasteiger partial charge in [-0.3, -0.25) is 9.63 Å². The third-order valence-electron chi connectivity index (χ3n) is 1.32. The van der Waals surface area contributed by atoms with E-state index in [0.29, 0.717) is 6.61 Å². The zero-order valence-corrected chi connectivity index (χ0v) is 9.22. The smallest absolute Gasteiger partial charge is 0.259 e. The van der Waals surface area contributed by atoms with Gasteiger partial charge in [0.05, 0.1) is 6.61 Å². The van der Waals surface area contributed by atoms with E-state index in [2.05, 4.69) is 0 Å². The minimum atomic E-state index is -0.638. The number of carbonyl (C=O) groups excluding carboxylic acids is 1. The lowest BCUT2D eigenvalue weighted by Crippen LogP contribution is -2.18. The first-order valence-electron chi connectivity index (χ1n) is 4.09. The van der Waals surface area contributed by atoms with Crippen molar-refractivity contribution in [1.82, 2.24) is 4.47 Å². The Labute approximate surface area is 92.1 Å². The Balaban J connectivity index is 2.60. The van der Waals surface area contributed by atoms with E-state index in [1.54, 1.807) is 6.92 Å². The van der Waals surface area contributed by atoms with Gasteiger partial charge in [-0.1, -0.05) is 18.2 Å². The molecule has 0 saturated heterocycles. The number of rotatable bonds is 4. The highest BCUT2D eigenvalue weighted by Crippen LogP contribution is 2.23. The molecule has 5 heteroatoms. The van der Waals surface area contributed by atoms with Crippen molar-refractivity contribution in [3.63, 3.8) is 0 Å². The van der Waals surface area contributed by atoms with Crippen molar-refractivity contribution in [2.75, 3.05) is 6.61 Å². The first-order chi connectivity index (χ1) is 6.74. The molecule has 0 heterocycles. The lowest BCUT2D eigenvalue weighted by molar-refractivity contribution is -0.0238. The number of hydroxylamine groups is 1. The van der Waals surface area contributed by atoms with E-state index in [0.717, 1.165) is 21.3 Å². The molecule has 3 nitrogen and oxygen atoms in total. The average molecular weight is 232 g/mol. The molecule has 14 heavy (non-hydrogen) atoms. The maximum absolute atomic E-state index is 10.9. The van der Waals surface area contributed by atoms with Crippen molar-refractivity contribution in [1.29, 1.82) is 0 Å². The fraction of sp³-hybridized carbons (Fsp3) is 0.222. The summed E-state index contributed by atoms with van der Waals surface area (Å²) in [5, 5.41) is -0.638. The summed E-state index contributed by atoms with van der Waals surface area (Å²) in [7, 11) is 0. The summed E-state index contributed by atoms with van der Waals surface area (Å²) >= 11 is 6.46. The van der Waals surface area contributed by atoms with Gasteiger partial charge in [-0.25, -0.2) is 0 Å². The summed E-state index contributed by atoms with van der Waals surface area (Å²) < 4.78 is 1.05. The van der Waals surface area contributed by atoms with Gasteiger partial charge in [0.1, 0.15) is 0 Å². The van der Waals surface area contributed by atoms with E-state index in [1.165, 1.54) is 0 Å². The van der Waals surface area contributed by atoms with Gasteiger partial charge in [-0.15, -0.1) is 4.47 Å². The van der Waals surface area contributed by atoms with Gasteiger partial charge in [0.2, 0.25) is 0 Å². The third kappa shape index (κ3) is 3.57. The van der Waals surface area contributed by atoms with Crippen LogP contribution in [0.2, 0.25) is 0 Å². The highest BCUT2D eigenvalue weighted by molar-refractivity contribution is 7.97. The van der Waals surface area contributed by atoms with Crippen LogP contribution in [0.15, 0.2) is 35.2 Å². The number of hydrogen-bond donors (Lipinski definition) is 0. The molecule has 0 aliphatic rings. The van der Waals surface area contributed by atoms with Gasteiger partial charge in [0.15, 0.2) is 0 Å². The largest absolute Gasteiger partial charge is 0.350 e. The van der Waals surface area contributed by atoms with Crippen molar-refractivity contribution >= 4 is 28.9 Å². The molecule has 0 saturated carbocycles. The monoisotopic (exact) mass is 231 g/mol. The molecule has 0 aliphatic carbocycles. The van der Waals surface area contributed by atoms with Crippen LogP contribution in [0.1, 0.15) is 6.92 Å². The van der Waals surface area contributed by atoms with Crippen LogP contribution in [0, 0.1) is 0 Å². The molecule has 0 bridgehead atoms. The lowest BCUT2D eigenvalue weighted by atomic mass is 10.4. The highest BCUT2D eigenvalue weighted by Gasteiger charge is 2.12. The molecule has 1 amide bonds. The van der Waals surface area contributed by atoms with E-state index < -0.39 is 5.37 Å². The number of halogens is 1. The fourth-order valence-electron chi connectivity index (χ4n) is 0.807. The summed E-state index contributed by atoms with van der Waals surface area (Å²) in [6, 6.07) is 9.40. The maximum atomic E-state index is 10.9. The van der Waals surface area contributed by atoms with Crippen LogP contribution in [-0.4, -0.2) is 16.4 Å². The molecule has 76 valence electrons. The summed E-state index contributed by atoms with van der Waals surface area (Å²) in [6.07, 6.45) is 0. The molecule has 0 atom stereocenters. The average Bonchev–Trinajstić information content (AvgIpc) is 2.18. The Morgan fingerprint density at radius 3 is 2.64 bits per heavy atom. The second-order valence-corrected chi connectivity index (χ2v) is 3.64. The highest BCUT2D eigenvalue weighted by atomic mass is 35.5. The molecule has 0 fully saturated rings. The minimum Gasteiger partial charge on any atom is -0.259 e. The molecule has 0 aromatic heterocycles. The quantitative estimate of drug-likeness (QED) is 0.345. The normalized spacial score (nSPS) is 9.86. The second kappa shape index (κ2) is 5.90. The van der Waals surface area contributed by atoms with E-state index in [9.17, 15) is 4.79 Å². The van der Waals surface area contributed by atoms with Gasteiger partial charge in [-0.05, 0) is 30.7 Å². The predicted octanol–water partition coefficient (Wildman–Crippen LogP) is 3.31. The van der Waals surface area contributed by atoms with Gasteiger partial charge >= 0.3 is 5.37 Å². The number of benzene rings is 1. The van der Waals surface area contributed by atoms with Crippen LogP contribution >= 0.6 is 23.5 Å². The zero-order chi connectivity index (χ0) is 10.4. The van der Waals surface area contributed by atoms with Crippen LogP contribution in [0.3, 0.4) is 0 Å². The number of amides is 1. The Bertz CT molecular complexity index is 294. The van der Waals surface area contributed by atoms with Crippen LogP contribution in [-0.2, 0) is 4.84 Å². The number of carbonyl (C=O) groups is 1. The van der Waals surface area contributed by atoms with E-state index >= 15 is 0 Å². The van der Waals surface area contributed by atoms with Crippen molar-refractivity contribution in [3.8, 4) is 0 Å². The first-order valence-corrected chi connectivity index (χ1v) is 5.24. The van der Waals surface area contributed by atoms with E-state index in [1.807, 2.05) is 30.3 Å².